The lowest BCUT2D eigenvalue weighted by molar-refractivity contribution is -0.144. The second kappa shape index (κ2) is 12.4. The minimum atomic E-state index is -0.717. The van der Waals surface area contributed by atoms with E-state index in [0.29, 0.717) is 31.6 Å². The molecule has 9 heteroatoms. The van der Waals surface area contributed by atoms with Gasteiger partial charge in [-0.05, 0) is 38.7 Å². The number of ether oxygens (including phenoxy) is 1. The van der Waals surface area contributed by atoms with Crippen LogP contribution in [-0.2, 0) is 19.2 Å². The van der Waals surface area contributed by atoms with Gasteiger partial charge >= 0.3 is 5.97 Å². The molecule has 9 nitrogen and oxygen atoms in total. The molecule has 3 atom stereocenters. The summed E-state index contributed by atoms with van der Waals surface area (Å²) in [5.74, 6) is -1.81. The molecule has 2 unspecified atom stereocenters. The number of piperidine rings is 1. The topological polar surface area (TPSA) is 129 Å². The van der Waals surface area contributed by atoms with Gasteiger partial charge in [0.15, 0.2) is 6.61 Å². The van der Waals surface area contributed by atoms with E-state index >= 15 is 0 Å². The van der Waals surface area contributed by atoms with Gasteiger partial charge in [0.1, 0.15) is 11.9 Å². The largest absolute Gasteiger partial charge is 0.512 e. The number of amides is 1. The van der Waals surface area contributed by atoms with E-state index in [9.17, 15) is 24.9 Å². The molecule has 0 spiro atoms. The number of aliphatic hydroxyl groups excluding tert-OH is 3. The van der Waals surface area contributed by atoms with Crippen molar-refractivity contribution in [2.75, 3.05) is 19.7 Å². The van der Waals surface area contributed by atoms with Crippen LogP contribution in [0.4, 0.5) is 0 Å². The fraction of sp³-hybridized carbons (Fsp3) is 0.560. The summed E-state index contributed by atoms with van der Waals surface area (Å²) in [6.07, 6.45) is 10.8. The van der Waals surface area contributed by atoms with Crippen LogP contribution in [0.5, 0.6) is 0 Å². The second-order valence-corrected chi connectivity index (χ2v) is 8.92. The van der Waals surface area contributed by atoms with E-state index in [2.05, 4.69) is 5.16 Å². The molecule has 0 radical (unpaired) electrons. The summed E-state index contributed by atoms with van der Waals surface area (Å²) < 4.78 is 5.48. The number of esters is 1. The highest BCUT2D eigenvalue weighted by atomic mass is 16.6. The maximum Gasteiger partial charge on any atom is 0.338 e. The molecule has 0 aromatic heterocycles. The zero-order valence-corrected chi connectivity index (χ0v) is 19.6. The van der Waals surface area contributed by atoms with Crippen molar-refractivity contribution in [1.29, 1.82) is 0 Å². The van der Waals surface area contributed by atoms with Crippen LogP contribution in [0.1, 0.15) is 51.9 Å². The summed E-state index contributed by atoms with van der Waals surface area (Å²) in [6.45, 7) is 2.95. The van der Waals surface area contributed by atoms with E-state index < -0.39 is 24.1 Å². The van der Waals surface area contributed by atoms with Crippen molar-refractivity contribution in [2.45, 2.75) is 64.1 Å². The molecule has 1 fully saturated rings. The molecule has 2 aliphatic heterocycles. The first-order valence-electron chi connectivity index (χ1n) is 11.8. The van der Waals surface area contributed by atoms with Gasteiger partial charge in [0.25, 0.3) is 5.91 Å². The van der Waals surface area contributed by atoms with Crippen LogP contribution in [0.25, 0.3) is 0 Å². The van der Waals surface area contributed by atoms with Crippen LogP contribution in [0, 0.1) is 5.92 Å². The van der Waals surface area contributed by atoms with Crippen molar-refractivity contribution in [1.82, 2.24) is 4.90 Å². The summed E-state index contributed by atoms with van der Waals surface area (Å²) in [5, 5.41) is 34.7. The third-order valence-corrected chi connectivity index (χ3v) is 6.02. The number of carbonyl (C=O) groups is 2. The Morgan fingerprint density at radius 2 is 1.94 bits per heavy atom. The lowest BCUT2D eigenvalue weighted by Crippen LogP contribution is -2.37. The van der Waals surface area contributed by atoms with Crippen LogP contribution >= 0.6 is 0 Å². The average molecular weight is 475 g/mol. The Bertz CT molecular complexity index is 897. The molecule has 0 aromatic rings. The molecule has 34 heavy (non-hydrogen) atoms. The van der Waals surface area contributed by atoms with E-state index in [1.165, 1.54) is 0 Å². The number of allylic oxidation sites excluding steroid dienone is 3. The lowest BCUT2D eigenvalue weighted by Gasteiger charge is -2.26. The SMILES string of the molecule is C[C@@H]1C/C=C/C(O)C/C=C/C(=N\OCC(=O)N2CCCCC2)CC2CC(O)=CC(O)=C2C(=O)O1. The number of cyclic esters (lactones) is 1. The number of hydrogen-bond donors (Lipinski definition) is 3. The zero-order valence-electron chi connectivity index (χ0n) is 19.6. The van der Waals surface area contributed by atoms with Gasteiger partial charge in [-0.15, -0.1) is 0 Å². The number of hydrogen-bond acceptors (Lipinski definition) is 8. The fourth-order valence-corrected chi connectivity index (χ4v) is 4.24. The molecule has 3 aliphatic rings. The van der Waals surface area contributed by atoms with Crippen LogP contribution < -0.4 is 0 Å². The van der Waals surface area contributed by atoms with Crippen molar-refractivity contribution in [3.63, 3.8) is 0 Å². The van der Waals surface area contributed by atoms with Gasteiger partial charge in [-0.25, -0.2) is 4.79 Å². The van der Waals surface area contributed by atoms with Gasteiger partial charge in [-0.1, -0.05) is 23.4 Å². The van der Waals surface area contributed by atoms with Crippen molar-refractivity contribution >= 4 is 17.6 Å². The molecule has 1 saturated heterocycles. The summed E-state index contributed by atoms with van der Waals surface area (Å²) in [7, 11) is 0. The molecule has 2 heterocycles. The number of likely N-dealkylation sites (tertiary alicyclic amines) is 1. The van der Waals surface area contributed by atoms with Crippen molar-refractivity contribution < 1.29 is 34.5 Å². The summed E-state index contributed by atoms with van der Waals surface area (Å²) in [6, 6.07) is 0. The average Bonchev–Trinajstić information content (AvgIpc) is 2.78. The summed E-state index contributed by atoms with van der Waals surface area (Å²) >= 11 is 0. The van der Waals surface area contributed by atoms with E-state index in [4.69, 9.17) is 9.57 Å². The molecule has 0 bridgehead atoms. The molecule has 1 amide bonds. The van der Waals surface area contributed by atoms with Crippen LogP contribution in [0.15, 0.2) is 52.6 Å². The van der Waals surface area contributed by atoms with Gasteiger partial charge in [-0.3, -0.25) is 4.79 Å². The standard InChI is InChI=1S/C25H34N2O7/c1-17-7-5-9-20(28)10-6-8-19(26-33-16-23(31)27-11-3-2-4-12-27)13-18-14-21(29)15-22(30)24(18)25(32)34-17/h5-6,8-9,15,17-18,20,28-30H,2-4,7,10-14,16H2,1H3/b8-6+,9-5+,26-19+/t17-,18?,20?/m1/s1. The molecule has 1 aliphatic carbocycles. The molecule has 3 rings (SSSR count). The highest BCUT2D eigenvalue weighted by molar-refractivity contribution is 5.97. The Hall–Kier alpha value is -3.07. The molecule has 0 saturated carbocycles. The third-order valence-electron chi connectivity index (χ3n) is 6.02. The predicted octanol–water partition coefficient (Wildman–Crippen LogP) is 3.23. The van der Waals surface area contributed by atoms with E-state index in [0.717, 1.165) is 25.3 Å². The van der Waals surface area contributed by atoms with Gasteiger partial charge in [0.05, 0.1) is 23.1 Å². The molecular weight excluding hydrogens is 440 g/mol. The lowest BCUT2D eigenvalue weighted by atomic mass is 9.85. The highest BCUT2D eigenvalue weighted by Crippen LogP contribution is 2.32. The van der Waals surface area contributed by atoms with E-state index in [1.54, 1.807) is 36.1 Å². The summed E-state index contributed by atoms with van der Waals surface area (Å²) in [5.41, 5.74) is 0.474. The minimum absolute atomic E-state index is 0.0592. The van der Waals surface area contributed by atoms with Crippen LogP contribution in [-0.4, -0.2) is 69.7 Å². The Balaban J connectivity index is 1.80. The molecule has 0 aromatic carbocycles. The minimum Gasteiger partial charge on any atom is -0.512 e. The Kier molecular flexibility index (Phi) is 9.33. The maximum absolute atomic E-state index is 12.8. The number of rotatable bonds is 3. The van der Waals surface area contributed by atoms with Gasteiger partial charge in [0, 0.05) is 44.3 Å². The Labute approximate surface area is 199 Å². The number of oxime groups is 1. The molecule has 3 N–H and O–H groups in total. The van der Waals surface area contributed by atoms with Gasteiger partial charge in [0.2, 0.25) is 0 Å². The Morgan fingerprint density at radius 3 is 2.71 bits per heavy atom. The number of aliphatic hydroxyl groups is 3. The van der Waals surface area contributed by atoms with Crippen molar-refractivity contribution in [2.24, 2.45) is 11.1 Å². The smallest absolute Gasteiger partial charge is 0.338 e. The summed E-state index contributed by atoms with van der Waals surface area (Å²) in [4.78, 5) is 32.3. The van der Waals surface area contributed by atoms with Crippen molar-refractivity contribution in [3.8, 4) is 0 Å². The first-order valence-corrected chi connectivity index (χ1v) is 11.8. The number of fused-ring (bicyclic) bond motifs is 1. The van der Waals surface area contributed by atoms with E-state index in [-0.39, 0.29) is 42.4 Å². The van der Waals surface area contributed by atoms with Crippen molar-refractivity contribution in [3.05, 3.63) is 47.5 Å². The predicted molar refractivity (Wildman–Crippen MR) is 126 cm³/mol. The van der Waals surface area contributed by atoms with E-state index in [1.807, 2.05) is 0 Å². The Morgan fingerprint density at radius 1 is 1.18 bits per heavy atom. The molecule has 186 valence electrons. The first kappa shape index (κ1) is 25.6. The number of carbonyl (C=O) groups excluding carboxylic acids is 2. The van der Waals surface area contributed by atoms with Gasteiger partial charge in [-0.2, -0.15) is 0 Å². The monoisotopic (exact) mass is 474 g/mol. The normalized spacial score (nSPS) is 30.0. The van der Waals surface area contributed by atoms with Crippen LogP contribution in [0.3, 0.4) is 0 Å². The second-order valence-electron chi connectivity index (χ2n) is 8.92. The van der Waals surface area contributed by atoms with Gasteiger partial charge < -0.3 is 29.8 Å². The molecular formula is C25H34N2O7. The number of nitrogens with zero attached hydrogens (tertiary/aromatic N) is 2. The highest BCUT2D eigenvalue weighted by Gasteiger charge is 2.32. The maximum atomic E-state index is 12.8. The quantitative estimate of drug-likeness (QED) is 0.325. The first-order chi connectivity index (χ1) is 16.3. The third kappa shape index (κ3) is 7.48. The van der Waals surface area contributed by atoms with Crippen LogP contribution in [0.2, 0.25) is 0 Å². The zero-order chi connectivity index (χ0) is 24.5. The fourth-order valence-electron chi connectivity index (χ4n) is 4.24.